The first-order chi connectivity index (χ1) is 8.24. The molecule has 0 fully saturated rings. The standard InChI is InChI=1S/C11H14BrNO4S/c1-7-3-4-9(12)5-10(7)18(16,17)13-6-8(2)11(14)15/h3-5,8,13H,6H2,1-2H3,(H,14,15). The largest absolute Gasteiger partial charge is 0.481 e. The van der Waals surface area contributed by atoms with Gasteiger partial charge in [0.25, 0.3) is 0 Å². The summed E-state index contributed by atoms with van der Waals surface area (Å²) in [5.41, 5.74) is 0.605. The first-order valence-electron chi connectivity index (χ1n) is 5.22. The molecule has 7 heteroatoms. The lowest BCUT2D eigenvalue weighted by atomic mass is 10.2. The summed E-state index contributed by atoms with van der Waals surface area (Å²) >= 11 is 3.21. The van der Waals surface area contributed by atoms with E-state index in [1.807, 2.05) is 0 Å². The summed E-state index contributed by atoms with van der Waals surface area (Å²) < 4.78 is 27.0. The number of nitrogens with one attached hydrogen (secondary N) is 1. The number of carbonyl (C=O) groups is 1. The molecule has 1 unspecified atom stereocenters. The van der Waals surface area contributed by atoms with Crippen LogP contribution in [0.25, 0.3) is 0 Å². The van der Waals surface area contributed by atoms with Crippen LogP contribution in [0.3, 0.4) is 0 Å². The van der Waals surface area contributed by atoms with E-state index in [0.717, 1.165) is 0 Å². The maximum absolute atomic E-state index is 12.0. The number of rotatable bonds is 5. The van der Waals surface area contributed by atoms with E-state index in [2.05, 4.69) is 20.7 Å². The Morgan fingerprint density at radius 3 is 2.67 bits per heavy atom. The van der Waals surface area contributed by atoms with Gasteiger partial charge in [-0.05, 0) is 24.6 Å². The molecule has 1 aromatic carbocycles. The molecule has 0 saturated carbocycles. The van der Waals surface area contributed by atoms with E-state index >= 15 is 0 Å². The van der Waals surface area contributed by atoms with Crippen LogP contribution in [0.4, 0.5) is 0 Å². The minimum atomic E-state index is -3.69. The van der Waals surface area contributed by atoms with E-state index in [0.29, 0.717) is 10.0 Å². The van der Waals surface area contributed by atoms with Gasteiger partial charge in [0, 0.05) is 11.0 Å². The maximum Gasteiger partial charge on any atom is 0.307 e. The Morgan fingerprint density at radius 2 is 2.11 bits per heavy atom. The third kappa shape index (κ3) is 3.79. The molecule has 0 amide bonds. The SMILES string of the molecule is Cc1ccc(Br)cc1S(=O)(=O)NCC(C)C(=O)O. The van der Waals surface area contributed by atoms with Crippen molar-refractivity contribution < 1.29 is 18.3 Å². The molecule has 0 aliphatic rings. The molecule has 2 N–H and O–H groups in total. The van der Waals surface area contributed by atoms with Crippen molar-refractivity contribution in [2.75, 3.05) is 6.54 Å². The summed E-state index contributed by atoms with van der Waals surface area (Å²) in [5, 5.41) is 8.71. The number of sulfonamides is 1. The first-order valence-corrected chi connectivity index (χ1v) is 7.50. The summed E-state index contributed by atoms with van der Waals surface area (Å²) in [6, 6.07) is 4.91. The number of aryl methyl sites for hydroxylation is 1. The van der Waals surface area contributed by atoms with Crippen LogP contribution in [0.5, 0.6) is 0 Å². The van der Waals surface area contributed by atoms with Crippen LogP contribution < -0.4 is 4.72 Å². The van der Waals surface area contributed by atoms with E-state index < -0.39 is 21.9 Å². The Balaban J connectivity index is 2.93. The molecule has 1 aromatic rings. The van der Waals surface area contributed by atoms with Crippen LogP contribution in [0.2, 0.25) is 0 Å². The van der Waals surface area contributed by atoms with E-state index in [1.165, 1.54) is 13.0 Å². The molecule has 0 bridgehead atoms. The summed E-state index contributed by atoms with van der Waals surface area (Å²) in [5.74, 6) is -1.81. The normalized spacial score (nSPS) is 13.3. The highest BCUT2D eigenvalue weighted by molar-refractivity contribution is 9.10. The van der Waals surface area contributed by atoms with Crippen molar-refractivity contribution >= 4 is 31.9 Å². The smallest absolute Gasteiger partial charge is 0.307 e. The van der Waals surface area contributed by atoms with Gasteiger partial charge in [-0.2, -0.15) is 0 Å². The van der Waals surface area contributed by atoms with Crippen molar-refractivity contribution in [1.29, 1.82) is 0 Å². The van der Waals surface area contributed by atoms with Gasteiger partial charge in [0.1, 0.15) is 0 Å². The van der Waals surface area contributed by atoms with E-state index in [4.69, 9.17) is 5.11 Å². The number of aliphatic carboxylic acids is 1. The second kappa shape index (κ2) is 5.81. The van der Waals surface area contributed by atoms with Crippen LogP contribution >= 0.6 is 15.9 Å². The fraction of sp³-hybridized carbons (Fsp3) is 0.364. The van der Waals surface area contributed by atoms with Crippen molar-refractivity contribution in [1.82, 2.24) is 4.72 Å². The Hall–Kier alpha value is -0.920. The molecule has 0 heterocycles. The van der Waals surface area contributed by atoms with Crippen molar-refractivity contribution in [3.63, 3.8) is 0 Å². The number of hydrogen-bond acceptors (Lipinski definition) is 3. The summed E-state index contributed by atoms with van der Waals surface area (Å²) in [4.78, 5) is 10.8. The van der Waals surface area contributed by atoms with Gasteiger partial charge in [-0.15, -0.1) is 0 Å². The van der Waals surface area contributed by atoms with Gasteiger partial charge in [0.2, 0.25) is 10.0 Å². The van der Waals surface area contributed by atoms with E-state index in [-0.39, 0.29) is 11.4 Å². The summed E-state index contributed by atoms with van der Waals surface area (Å²) in [7, 11) is -3.69. The lowest BCUT2D eigenvalue weighted by Crippen LogP contribution is -2.31. The van der Waals surface area contributed by atoms with Gasteiger partial charge >= 0.3 is 5.97 Å². The zero-order valence-electron chi connectivity index (χ0n) is 9.97. The van der Waals surface area contributed by atoms with Crippen LogP contribution in [0.1, 0.15) is 12.5 Å². The van der Waals surface area contributed by atoms with Gasteiger partial charge in [-0.25, -0.2) is 13.1 Å². The molecule has 1 rings (SSSR count). The zero-order chi connectivity index (χ0) is 13.9. The molecule has 0 aromatic heterocycles. The molecule has 0 aliphatic heterocycles. The topological polar surface area (TPSA) is 83.5 Å². The van der Waals surface area contributed by atoms with Crippen molar-refractivity contribution in [3.8, 4) is 0 Å². The Morgan fingerprint density at radius 1 is 1.50 bits per heavy atom. The van der Waals surface area contributed by atoms with Gasteiger partial charge in [-0.3, -0.25) is 4.79 Å². The van der Waals surface area contributed by atoms with Crippen molar-refractivity contribution in [3.05, 3.63) is 28.2 Å². The predicted molar refractivity (Wildman–Crippen MR) is 70.9 cm³/mol. The van der Waals surface area contributed by atoms with Crippen LogP contribution in [-0.2, 0) is 14.8 Å². The molecule has 0 spiro atoms. The Kier molecular flexibility index (Phi) is 4.89. The third-order valence-corrected chi connectivity index (χ3v) is 4.50. The Bertz CT molecular complexity index is 556. The Labute approximate surface area is 114 Å². The molecule has 1 atom stereocenters. The van der Waals surface area contributed by atoms with Crippen molar-refractivity contribution in [2.45, 2.75) is 18.7 Å². The molecule has 18 heavy (non-hydrogen) atoms. The minimum Gasteiger partial charge on any atom is -0.481 e. The first kappa shape index (κ1) is 15.1. The maximum atomic E-state index is 12.0. The van der Waals surface area contributed by atoms with Crippen LogP contribution in [0.15, 0.2) is 27.6 Å². The molecule has 0 radical (unpaired) electrons. The van der Waals surface area contributed by atoms with Crippen LogP contribution in [0, 0.1) is 12.8 Å². The molecule has 100 valence electrons. The van der Waals surface area contributed by atoms with Gasteiger partial charge in [0.15, 0.2) is 0 Å². The second-order valence-electron chi connectivity index (χ2n) is 4.00. The van der Waals surface area contributed by atoms with Gasteiger partial charge in [0.05, 0.1) is 10.8 Å². The van der Waals surface area contributed by atoms with Gasteiger partial charge in [-0.1, -0.05) is 28.9 Å². The number of carboxylic acids is 1. The summed E-state index contributed by atoms with van der Waals surface area (Å²) in [6.07, 6.45) is 0. The number of carboxylic acid groups (broad SMARTS) is 1. The second-order valence-corrected chi connectivity index (χ2v) is 6.65. The monoisotopic (exact) mass is 335 g/mol. The average Bonchev–Trinajstić information content (AvgIpc) is 2.29. The van der Waals surface area contributed by atoms with E-state index in [1.54, 1.807) is 19.1 Å². The molecule has 0 aliphatic carbocycles. The molecule has 0 saturated heterocycles. The quantitative estimate of drug-likeness (QED) is 0.858. The number of hydrogen-bond donors (Lipinski definition) is 2. The third-order valence-electron chi connectivity index (χ3n) is 2.44. The highest BCUT2D eigenvalue weighted by Crippen LogP contribution is 2.20. The van der Waals surface area contributed by atoms with Crippen molar-refractivity contribution in [2.24, 2.45) is 5.92 Å². The highest BCUT2D eigenvalue weighted by atomic mass is 79.9. The minimum absolute atomic E-state index is 0.135. The van der Waals surface area contributed by atoms with Gasteiger partial charge < -0.3 is 5.11 Å². The predicted octanol–water partition coefficient (Wildman–Crippen LogP) is 1.76. The highest BCUT2D eigenvalue weighted by Gasteiger charge is 2.20. The zero-order valence-corrected chi connectivity index (χ0v) is 12.4. The molecular formula is C11H14BrNO4S. The molecule has 5 nitrogen and oxygen atoms in total. The number of benzene rings is 1. The molecular weight excluding hydrogens is 322 g/mol. The van der Waals surface area contributed by atoms with Crippen LogP contribution in [-0.4, -0.2) is 26.0 Å². The fourth-order valence-corrected chi connectivity index (χ4v) is 3.17. The number of halogens is 1. The lowest BCUT2D eigenvalue weighted by Gasteiger charge is -2.11. The fourth-order valence-electron chi connectivity index (χ4n) is 1.26. The van der Waals surface area contributed by atoms with E-state index in [9.17, 15) is 13.2 Å². The summed E-state index contributed by atoms with van der Waals surface area (Å²) in [6.45, 7) is 2.99. The lowest BCUT2D eigenvalue weighted by molar-refractivity contribution is -0.140. The average molecular weight is 336 g/mol.